The molecule has 3 rings (SSSR count). The van der Waals surface area contributed by atoms with E-state index >= 15 is 0 Å². The number of fused-ring (bicyclic) bond motifs is 1. The average molecular weight is 378 g/mol. The van der Waals surface area contributed by atoms with Gasteiger partial charge in [-0.3, -0.25) is 20.4 Å². The minimum Gasteiger partial charge on any atom is -0.272 e. The second-order valence-electron chi connectivity index (χ2n) is 4.75. The number of hydrogen-bond donors (Lipinski definition) is 2. The van der Waals surface area contributed by atoms with E-state index in [0.29, 0.717) is 10.6 Å². The Labute approximate surface area is 151 Å². The zero-order chi connectivity index (χ0) is 16.9. The van der Waals surface area contributed by atoms with Crippen LogP contribution in [-0.4, -0.2) is 22.6 Å². The van der Waals surface area contributed by atoms with Crippen molar-refractivity contribution >= 4 is 56.7 Å². The van der Waals surface area contributed by atoms with Gasteiger partial charge < -0.3 is 0 Å². The van der Waals surface area contributed by atoms with Gasteiger partial charge in [0.05, 0.1) is 16.0 Å². The van der Waals surface area contributed by atoms with Crippen LogP contribution in [0.5, 0.6) is 0 Å². The fourth-order valence-corrected chi connectivity index (χ4v) is 3.87. The molecular weight excluding hydrogens is 366 g/mol. The molecule has 2 aromatic carbocycles. The number of hydrazine groups is 1. The number of rotatable bonds is 4. The molecule has 1 heterocycles. The third-order valence-electron chi connectivity index (χ3n) is 3.02. The van der Waals surface area contributed by atoms with Crippen LogP contribution in [0.4, 0.5) is 0 Å². The maximum absolute atomic E-state index is 11.9. The molecule has 0 aliphatic rings. The maximum atomic E-state index is 11.9. The van der Waals surface area contributed by atoms with Gasteiger partial charge in [-0.2, -0.15) is 0 Å². The molecule has 2 N–H and O–H groups in total. The normalized spacial score (nSPS) is 10.5. The molecule has 3 aromatic rings. The highest BCUT2D eigenvalue weighted by Gasteiger charge is 2.09. The van der Waals surface area contributed by atoms with Gasteiger partial charge in [-0.25, -0.2) is 4.98 Å². The van der Waals surface area contributed by atoms with Crippen LogP contribution >= 0.6 is 34.7 Å². The number of thioether (sulfide) groups is 1. The largest absolute Gasteiger partial charge is 0.272 e. The summed E-state index contributed by atoms with van der Waals surface area (Å²) in [6.07, 6.45) is 0. The van der Waals surface area contributed by atoms with Gasteiger partial charge in [-0.15, -0.1) is 11.3 Å². The van der Waals surface area contributed by atoms with Gasteiger partial charge in [0.1, 0.15) is 0 Å². The van der Waals surface area contributed by atoms with Gasteiger partial charge in [-0.1, -0.05) is 35.5 Å². The first-order valence-corrected chi connectivity index (χ1v) is 9.13. The minimum atomic E-state index is -0.398. The average Bonchev–Trinajstić information content (AvgIpc) is 3.01. The molecule has 0 spiro atoms. The number of benzene rings is 2. The first-order valence-electron chi connectivity index (χ1n) is 6.95. The Balaban J connectivity index is 1.48. The molecular formula is C16H12ClN3O2S2. The van der Waals surface area contributed by atoms with Crippen LogP contribution in [0.3, 0.4) is 0 Å². The predicted molar refractivity (Wildman–Crippen MR) is 97.4 cm³/mol. The molecule has 0 unspecified atom stereocenters. The Hall–Kier alpha value is -2.09. The molecule has 0 bridgehead atoms. The predicted octanol–water partition coefficient (Wildman–Crippen LogP) is 3.50. The van der Waals surface area contributed by atoms with Crippen molar-refractivity contribution in [1.82, 2.24) is 15.8 Å². The zero-order valence-electron chi connectivity index (χ0n) is 12.3. The van der Waals surface area contributed by atoms with Gasteiger partial charge in [0.25, 0.3) is 5.91 Å². The molecule has 0 radical (unpaired) electrons. The minimum absolute atomic E-state index is 0.167. The Bertz CT molecular complexity index is 847. The summed E-state index contributed by atoms with van der Waals surface area (Å²) in [6.45, 7) is 0. The number of hydrogen-bond acceptors (Lipinski definition) is 5. The summed E-state index contributed by atoms with van der Waals surface area (Å²) in [6, 6.07) is 14.2. The zero-order valence-corrected chi connectivity index (χ0v) is 14.7. The highest BCUT2D eigenvalue weighted by atomic mass is 35.5. The number of nitrogens with one attached hydrogen (secondary N) is 2. The van der Waals surface area contributed by atoms with Crippen molar-refractivity contribution in [1.29, 1.82) is 0 Å². The fourth-order valence-electron chi connectivity index (χ4n) is 1.88. The van der Waals surface area contributed by atoms with Crippen LogP contribution in [0, 0.1) is 0 Å². The Morgan fingerprint density at radius 3 is 2.58 bits per heavy atom. The molecule has 5 nitrogen and oxygen atoms in total. The lowest BCUT2D eigenvalue weighted by molar-refractivity contribution is -0.119. The van der Waals surface area contributed by atoms with Crippen molar-refractivity contribution < 1.29 is 9.59 Å². The fraction of sp³-hybridized carbons (Fsp3) is 0.0625. The third-order valence-corrected chi connectivity index (χ3v) is 5.45. The summed E-state index contributed by atoms with van der Waals surface area (Å²) in [7, 11) is 0. The molecule has 8 heteroatoms. The summed E-state index contributed by atoms with van der Waals surface area (Å²) in [5.74, 6) is -0.535. The van der Waals surface area contributed by atoms with E-state index in [9.17, 15) is 9.59 Å². The first-order chi connectivity index (χ1) is 11.6. The first kappa shape index (κ1) is 16.8. The smallest absolute Gasteiger partial charge is 0.269 e. The number of nitrogens with zero attached hydrogens (tertiary/aromatic N) is 1. The van der Waals surface area contributed by atoms with Gasteiger partial charge in [0, 0.05) is 10.6 Å². The van der Waals surface area contributed by atoms with Crippen LogP contribution in [0.1, 0.15) is 10.4 Å². The molecule has 0 saturated heterocycles. The van der Waals surface area contributed by atoms with Crippen molar-refractivity contribution in [3.8, 4) is 0 Å². The molecule has 0 fully saturated rings. The van der Waals surface area contributed by atoms with E-state index in [-0.39, 0.29) is 11.7 Å². The van der Waals surface area contributed by atoms with Crippen LogP contribution in [0.15, 0.2) is 52.9 Å². The van der Waals surface area contributed by atoms with Gasteiger partial charge >= 0.3 is 0 Å². The summed E-state index contributed by atoms with van der Waals surface area (Å²) < 4.78 is 1.90. The maximum Gasteiger partial charge on any atom is 0.269 e. The third kappa shape index (κ3) is 4.25. The van der Waals surface area contributed by atoms with E-state index in [1.807, 2.05) is 24.3 Å². The molecule has 0 saturated carbocycles. The van der Waals surface area contributed by atoms with Crippen LogP contribution < -0.4 is 10.9 Å². The van der Waals surface area contributed by atoms with E-state index < -0.39 is 5.91 Å². The Morgan fingerprint density at radius 2 is 1.83 bits per heavy atom. The molecule has 24 heavy (non-hydrogen) atoms. The van der Waals surface area contributed by atoms with Crippen LogP contribution in [0.2, 0.25) is 5.02 Å². The number of carbonyl (C=O) groups excluding carboxylic acids is 2. The van der Waals surface area contributed by atoms with E-state index in [2.05, 4.69) is 15.8 Å². The summed E-state index contributed by atoms with van der Waals surface area (Å²) >= 11 is 8.63. The molecule has 0 atom stereocenters. The Kier molecular flexibility index (Phi) is 5.34. The highest BCUT2D eigenvalue weighted by molar-refractivity contribution is 8.01. The van der Waals surface area contributed by atoms with Gasteiger partial charge in [-0.05, 0) is 36.4 Å². The van der Waals surface area contributed by atoms with Crippen molar-refractivity contribution in [2.24, 2.45) is 0 Å². The van der Waals surface area contributed by atoms with Crippen LogP contribution in [0.25, 0.3) is 10.2 Å². The standard InChI is InChI=1S/C16H12ClN3O2S2/c17-11-7-5-10(6-8-11)15(22)20-19-14(21)9-23-16-18-12-3-1-2-4-13(12)24-16/h1-8H,9H2,(H,19,21)(H,20,22). The molecule has 1 aromatic heterocycles. The lowest BCUT2D eigenvalue weighted by Crippen LogP contribution is -2.42. The topological polar surface area (TPSA) is 71.1 Å². The van der Waals surface area contributed by atoms with E-state index in [0.717, 1.165) is 14.6 Å². The number of carbonyl (C=O) groups is 2. The Morgan fingerprint density at radius 1 is 1.08 bits per heavy atom. The molecule has 2 amide bonds. The summed E-state index contributed by atoms with van der Waals surface area (Å²) in [5, 5.41) is 0.544. The van der Waals surface area contributed by atoms with Crippen molar-refractivity contribution in [2.45, 2.75) is 4.34 Å². The quantitative estimate of drug-likeness (QED) is 0.539. The van der Waals surface area contributed by atoms with Gasteiger partial charge in [0.15, 0.2) is 4.34 Å². The number of para-hydroxylation sites is 1. The number of amides is 2. The molecule has 0 aliphatic heterocycles. The SMILES string of the molecule is O=C(CSc1nc2ccccc2s1)NNC(=O)c1ccc(Cl)cc1. The van der Waals surface area contributed by atoms with Gasteiger partial charge in [0.2, 0.25) is 5.91 Å². The lowest BCUT2D eigenvalue weighted by Gasteiger charge is -2.06. The van der Waals surface area contributed by atoms with Crippen molar-refractivity contribution in [2.75, 3.05) is 5.75 Å². The highest BCUT2D eigenvalue weighted by Crippen LogP contribution is 2.28. The monoisotopic (exact) mass is 377 g/mol. The number of aromatic nitrogens is 1. The van der Waals surface area contributed by atoms with E-state index in [1.54, 1.807) is 24.3 Å². The molecule has 0 aliphatic carbocycles. The van der Waals surface area contributed by atoms with E-state index in [1.165, 1.54) is 23.1 Å². The van der Waals surface area contributed by atoms with E-state index in [4.69, 9.17) is 11.6 Å². The lowest BCUT2D eigenvalue weighted by atomic mass is 10.2. The molecule has 122 valence electrons. The summed E-state index contributed by atoms with van der Waals surface area (Å²) in [5.41, 5.74) is 6.09. The van der Waals surface area contributed by atoms with Crippen molar-refractivity contribution in [3.63, 3.8) is 0 Å². The summed E-state index contributed by atoms with van der Waals surface area (Å²) in [4.78, 5) is 28.1. The van der Waals surface area contributed by atoms with Crippen LogP contribution in [-0.2, 0) is 4.79 Å². The van der Waals surface area contributed by atoms with Crippen molar-refractivity contribution in [3.05, 3.63) is 59.1 Å². The number of thiazole rings is 1. The number of halogens is 1. The second kappa shape index (κ2) is 7.65. The second-order valence-corrected chi connectivity index (χ2v) is 7.43.